The van der Waals surface area contributed by atoms with E-state index < -0.39 is 0 Å². The number of phenols is 1. The van der Waals surface area contributed by atoms with Gasteiger partial charge in [-0.1, -0.05) is 6.07 Å². The van der Waals surface area contributed by atoms with Crippen LogP contribution in [-0.2, 0) is 0 Å². The molecule has 2 aromatic rings. The third-order valence-electron chi connectivity index (χ3n) is 2.11. The highest BCUT2D eigenvalue weighted by Gasteiger charge is 2.02. The van der Waals surface area contributed by atoms with Crippen molar-refractivity contribution in [2.45, 2.75) is 6.92 Å². The first kappa shape index (κ1) is 10.3. The molecule has 2 rings (SSSR count). The molecule has 0 spiro atoms. The van der Waals surface area contributed by atoms with Crippen molar-refractivity contribution in [2.24, 2.45) is 0 Å². The lowest BCUT2D eigenvalue weighted by Crippen LogP contribution is -1.90. The number of nitrogens with two attached hydrogens (primary N) is 1. The predicted octanol–water partition coefficient (Wildman–Crippen LogP) is 2.47. The summed E-state index contributed by atoms with van der Waals surface area (Å²) in [7, 11) is 0. The van der Waals surface area contributed by atoms with E-state index in [2.05, 4.69) is 4.98 Å². The van der Waals surface area contributed by atoms with Gasteiger partial charge in [0.1, 0.15) is 11.5 Å². The smallest absolute Gasteiger partial charge is 0.219 e. The SMILES string of the molecule is Cc1ccc(Oc2ccc(N)c(O)c2)nc1. The van der Waals surface area contributed by atoms with Crippen LogP contribution < -0.4 is 10.5 Å². The Morgan fingerprint density at radius 2 is 2.06 bits per heavy atom. The molecule has 0 aliphatic rings. The first-order valence-electron chi connectivity index (χ1n) is 4.84. The molecule has 0 saturated heterocycles. The number of aromatic nitrogens is 1. The molecule has 16 heavy (non-hydrogen) atoms. The van der Waals surface area contributed by atoms with Crippen molar-refractivity contribution in [2.75, 3.05) is 5.73 Å². The van der Waals surface area contributed by atoms with Gasteiger partial charge in [-0.15, -0.1) is 0 Å². The maximum Gasteiger partial charge on any atom is 0.219 e. The largest absolute Gasteiger partial charge is 0.506 e. The van der Waals surface area contributed by atoms with Crippen molar-refractivity contribution in [3.63, 3.8) is 0 Å². The van der Waals surface area contributed by atoms with E-state index in [-0.39, 0.29) is 5.75 Å². The van der Waals surface area contributed by atoms with E-state index in [0.717, 1.165) is 5.56 Å². The minimum Gasteiger partial charge on any atom is -0.506 e. The average Bonchev–Trinajstić information content (AvgIpc) is 2.27. The molecule has 0 atom stereocenters. The van der Waals surface area contributed by atoms with Gasteiger partial charge in [-0.2, -0.15) is 0 Å². The van der Waals surface area contributed by atoms with Crippen molar-refractivity contribution in [3.05, 3.63) is 42.1 Å². The molecule has 3 N–H and O–H groups in total. The lowest BCUT2D eigenvalue weighted by molar-refractivity contribution is 0.446. The van der Waals surface area contributed by atoms with E-state index in [1.165, 1.54) is 6.07 Å². The number of nitrogens with zero attached hydrogens (tertiary/aromatic N) is 1. The zero-order chi connectivity index (χ0) is 11.5. The monoisotopic (exact) mass is 216 g/mol. The maximum atomic E-state index is 9.40. The molecule has 0 unspecified atom stereocenters. The number of aromatic hydroxyl groups is 1. The van der Waals surface area contributed by atoms with E-state index >= 15 is 0 Å². The summed E-state index contributed by atoms with van der Waals surface area (Å²) in [4.78, 5) is 4.09. The normalized spacial score (nSPS) is 10.1. The first-order chi connectivity index (χ1) is 7.65. The molecule has 0 aliphatic carbocycles. The number of nitrogen functional groups attached to an aromatic ring is 1. The molecular weight excluding hydrogens is 204 g/mol. The van der Waals surface area contributed by atoms with Gasteiger partial charge < -0.3 is 15.6 Å². The summed E-state index contributed by atoms with van der Waals surface area (Å²) in [6.07, 6.45) is 1.71. The highest BCUT2D eigenvalue weighted by molar-refractivity contribution is 5.54. The van der Waals surface area contributed by atoms with E-state index in [9.17, 15) is 5.11 Å². The second-order valence-corrected chi connectivity index (χ2v) is 3.50. The van der Waals surface area contributed by atoms with Crippen LogP contribution in [0.25, 0.3) is 0 Å². The lowest BCUT2D eigenvalue weighted by atomic mass is 10.3. The number of phenolic OH excluding ortho intramolecular Hbond substituents is 1. The Morgan fingerprint density at radius 1 is 1.25 bits per heavy atom. The van der Waals surface area contributed by atoms with Crippen LogP contribution >= 0.6 is 0 Å². The number of hydrogen-bond acceptors (Lipinski definition) is 4. The van der Waals surface area contributed by atoms with Crippen LogP contribution in [0.15, 0.2) is 36.5 Å². The van der Waals surface area contributed by atoms with Crippen LogP contribution in [0, 0.1) is 6.92 Å². The van der Waals surface area contributed by atoms with Crippen molar-refractivity contribution in [1.29, 1.82) is 0 Å². The number of benzene rings is 1. The van der Waals surface area contributed by atoms with E-state index in [4.69, 9.17) is 10.5 Å². The van der Waals surface area contributed by atoms with E-state index in [1.807, 2.05) is 13.0 Å². The summed E-state index contributed by atoms with van der Waals surface area (Å²) in [5.74, 6) is 0.988. The lowest BCUT2D eigenvalue weighted by Gasteiger charge is -2.06. The Hall–Kier alpha value is -2.23. The predicted molar refractivity (Wildman–Crippen MR) is 61.6 cm³/mol. The molecule has 0 saturated carbocycles. The summed E-state index contributed by atoms with van der Waals surface area (Å²) in [5, 5.41) is 9.40. The Bertz CT molecular complexity index is 495. The van der Waals surface area contributed by atoms with Gasteiger partial charge in [-0.05, 0) is 24.6 Å². The van der Waals surface area contributed by atoms with Gasteiger partial charge in [-0.3, -0.25) is 0 Å². The number of aryl methyl sites for hydroxylation is 1. The highest BCUT2D eigenvalue weighted by atomic mass is 16.5. The zero-order valence-corrected chi connectivity index (χ0v) is 8.84. The summed E-state index contributed by atoms with van der Waals surface area (Å²) in [6, 6.07) is 8.38. The van der Waals surface area contributed by atoms with Crippen LogP contribution in [0.5, 0.6) is 17.4 Å². The Balaban J connectivity index is 2.20. The van der Waals surface area contributed by atoms with Crippen molar-refractivity contribution >= 4 is 5.69 Å². The third-order valence-corrected chi connectivity index (χ3v) is 2.11. The molecule has 0 fully saturated rings. The molecular formula is C12H12N2O2. The fourth-order valence-electron chi connectivity index (χ4n) is 1.22. The minimum absolute atomic E-state index is 0.00427. The van der Waals surface area contributed by atoms with Gasteiger partial charge in [0.2, 0.25) is 5.88 Å². The Morgan fingerprint density at radius 3 is 2.69 bits per heavy atom. The summed E-state index contributed by atoms with van der Waals surface area (Å²) in [6.45, 7) is 1.95. The molecule has 1 aromatic heterocycles. The molecule has 82 valence electrons. The van der Waals surface area contributed by atoms with Gasteiger partial charge in [0.25, 0.3) is 0 Å². The summed E-state index contributed by atoms with van der Waals surface area (Å²) in [5.41, 5.74) is 6.87. The quantitative estimate of drug-likeness (QED) is 0.597. The number of ether oxygens (including phenoxy) is 1. The van der Waals surface area contributed by atoms with Crippen LogP contribution in [0.1, 0.15) is 5.56 Å². The van der Waals surface area contributed by atoms with Gasteiger partial charge in [0, 0.05) is 18.3 Å². The highest BCUT2D eigenvalue weighted by Crippen LogP contribution is 2.27. The van der Waals surface area contributed by atoms with E-state index in [1.54, 1.807) is 24.4 Å². The molecule has 0 radical (unpaired) electrons. The van der Waals surface area contributed by atoms with E-state index in [0.29, 0.717) is 17.3 Å². The molecule has 0 aliphatic heterocycles. The van der Waals surface area contributed by atoms with Crippen LogP contribution in [0.2, 0.25) is 0 Å². The minimum atomic E-state index is 0.00427. The maximum absolute atomic E-state index is 9.40. The standard InChI is InChI=1S/C12H12N2O2/c1-8-2-5-12(14-7-8)16-9-3-4-10(13)11(15)6-9/h2-7,15H,13H2,1H3. The van der Waals surface area contributed by atoms with Gasteiger partial charge >= 0.3 is 0 Å². The molecule has 4 heteroatoms. The average molecular weight is 216 g/mol. The van der Waals surface area contributed by atoms with Gasteiger partial charge in [-0.25, -0.2) is 4.98 Å². The molecule has 0 amide bonds. The summed E-state index contributed by atoms with van der Waals surface area (Å²) >= 11 is 0. The van der Waals surface area contributed by atoms with Crippen LogP contribution in [-0.4, -0.2) is 10.1 Å². The second-order valence-electron chi connectivity index (χ2n) is 3.50. The number of anilines is 1. The molecule has 1 heterocycles. The van der Waals surface area contributed by atoms with Gasteiger partial charge in [0.05, 0.1) is 5.69 Å². The topological polar surface area (TPSA) is 68.4 Å². The Labute approximate surface area is 93.3 Å². The number of hydrogen-bond donors (Lipinski definition) is 2. The summed E-state index contributed by atoms with van der Waals surface area (Å²) < 4.78 is 5.44. The zero-order valence-electron chi connectivity index (χ0n) is 8.84. The third kappa shape index (κ3) is 2.23. The van der Waals surface area contributed by atoms with Crippen LogP contribution in [0.4, 0.5) is 5.69 Å². The second kappa shape index (κ2) is 4.10. The van der Waals surface area contributed by atoms with Crippen molar-refractivity contribution in [1.82, 2.24) is 4.98 Å². The first-order valence-corrected chi connectivity index (χ1v) is 4.84. The number of pyridine rings is 1. The van der Waals surface area contributed by atoms with Crippen LogP contribution in [0.3, 0.4) is 0 Å². The molecule has 1 aromatic carbocycles. The van der Waals surface area contributed by atoms with Crippen molar-refractivity contribution < 1.29 is 9.84 Å². The Kier molecular flexibility index (Phi) is 2.64. The molecule has 0 bridgehead atoms. The fraction of sp³-hybridized carbons (Fsp3) is 0.0833. The van der Waals surface area contributed by atoms with Gasteiger partial charge in [0.15, 0.2) is 0 Å². The molecule has 4 nitrogen and oxygen atoms in total. The fourth-order valence-corrected chi connectivity index (χ4v) is 1.22. The number of rotatable bonds is 2. The van der Waals surface area contributed by atoms with Crippen molar-refractivity contribution in [3.8, 4) is 17.4 Å².